The normalized spacial score (nSPS) is 20.8. The van der Waals surface area contributed by atoms with Crippen molar-refractivity contribution >= 4 is 11.9 Å². The van der Waals surface area contributed by atoms with Crippen LogP contribution in [0.1, 0.15) is 33.1 Å². The van der Waals surface area contributed by atoms with E-state index in [0.717, 1.165) is 32.4 Å². The van der Waals surface area contributed by atoms with E-state index >= 15 is 0 Å². The summed E-state index contributed by atoms with van der Waals surface area (Å²) in [5.74, 6) is 0.571. The van der Waals surface area contributed by atoms with Crippen LogP contribution in [0.2, 0.25) is 0 Å². The molecule has 18 heavy (non-hydrogen) atoms. The van der Waals surface area contributed by atoms with Gasteiger partial charge in [0.05, 0.1) is 0 Å². The van der Waals surface area contributed by atoms with Crippen LogP contribution in [0.15, 0.2) is 0 Å². The van der Waals surface area contributed by atoms with Crippen LogP contribution in [0.3, 0.4) is 0 Å². The van der Waals surface area contributed by atoms with Gasteiger partial charge in [-0.25, -0.2) is 4.79 Å². The zero-order valence-corrected chi connectivity index (χ0v) is 11.3. The summed E-state index contributed by atoms with van der Waals surface area (Å²) < 4.78 is 0. The first-order valence-electron chi connectivity index (χ1n) is 6.92. The monoisotopic (exact) mass is 253 g/mol. The lowest BCUT2D eigenvalue weighted by atomic mass is 10.3. The fourth-order valence-electron chi connectivity index (χ4n) is 2.27. The highest BCUT2D eigenvalue weighted by Gasteiger charge is 2.34. The molecule has 0 spiro atoms. The maximum atomic E-state index is 12.0. The lowest BCUT2D eigenvalue weighted by molar-refractivity contribution is -0.132. The number of amides is 3. The Hall–Kier alpha value is -1.26. The molecular weight excluding hydrogens is 230 g/mol. The Morgan fingerprint density at radius 3 is 2.28 bits per heavy atom. The number of carbonyl (C=O) groups excluding carboxylic acids is 2. The number of nitrogens with zero attached hydrogens (tertiary/aromatic N) is 2. The molecular formula is C13H23N3O2. The summed E-state index contributed by atoms with van der Waals surface area (Å²) in [6.45, 7) is 6.78. The van der Waals surface area contributed by atoms with Gasteiger partial charge < -0.3 is 15.1 Å². The number of rotatable bonds is 2. The van der Waals surface area contributed by atoms with E-state index in [4.69, 9.17) is 0 Å². The lowest BCUT2D eigenvalue weighted by Gasteiger charge is -2.23. The molecule has 0 unspecified atom stereocenters. The minimum Gasteiger partial charge on any atom is -0.341 e. The highest BCUT2D eigenvalue weighted by atomic mass is 16.2. The van der Waals surface area contributed by atoms with Crippen molar-refractivity contribution in [2.45, 2.75) is 39.2 Å². The summed E-state index contributed by atoms with van der Waals surface area (Å²) >= 11 is 0. The topological polar surface area (TPSA) is 52.7 Å². The first-order valence-corrected chi connectivity index (χ1v) is 6.92. The van der Waals surface area contributed by atoms with Crippen molar-refractivity contribution in [2.24, 2.45) is 5.92 Å². The van der Waals surface area contributed by atoms with E-state index in [2.05, 4.69) is 5.32 Å². The van der Waals surface area contributed by atoms with Crippen molar-refractivity contribution in [3.8, 4) is 0 Å². The van der Waals surface area contributed by atoms with Crippen LogP contribution in [0, 0.1) is 5.92 Å². The molecule has 1 N–H and O–H groups in total. The van der Waals surface area contributed by atoms with Crippen LogP contribution in [0.5, 0.6) is 0 Å². The second kappa shape index (κ2) is 5.59. The van der Waals surface area contributed by atoms with Gasteiger partial charge in [0.25, 0.3) is 0 Å². The highest BCUT2D eigenvalue weighted by Crippen LogP contribution is 2.31. The smallest absolute Gasteiger partial charge is 0.317 e. The summed E-state index contributed by atoms with van der Waals surface area (Å²) in [7, 11) is 0. The molecule has 1 saturated carbocycles. The number of nitrogens with one attached hydrogen (secondary N) is 1. The third-order valence-electron chi connectivity index (χ3n) is 3.43. The molecule has 0 radical (unpaired) electrons. The Kier molecular flexibility index (Phi) is 4.09. The first-order chi connectivity index (χ1) is 8.58. The Labute approximate surface area is 108 Å². The standard InChI is InChI=1S/C13H23N3O2/c1-10(2)14-13(18)16-7-3-6-15(8-9-16)12(17)11-4-5-11/h10-11H,3-9H2,1-2H3,(H,14,18). The molecule has 0 bridgehead atoms. The van der Waals surface area contributed by atoms with E-state index < -0.39 is 0 Å². The largest absolute Gasteiger partial charge is 0.341 e. The van der Waals surface area contributed by atoms with E-state index in [0.29, 0.717) is 19.0 Å². The molecule has 2 aliphatic rings. The summed E-state index contributed by atoms with van der Waals surface area (Å²) in [6.07, 6.45) is 2.98. The van der Waals surface area contributed by atoms with Gasteiger partial charge in [0.2, 0.25) is 5.91 Å². The molecule has 1 aliphatic carbocycles. The molecule has 1 aliphatic heterocycles. The van der Waals surface area contributed by atoms with Crippen LogP contribution in [-0.2, 0) is 4.79 Å². The average molecular weight is 253 g/mol. The predicted octanol–water partition coefficient (Wildman–Crippen LogP) is 1.05. The molecule has 0 aromatic rings. The van der Waals surface area contributed by atoms with Crippen molar-refractivity contribution in [1.82, 2.24) is 15.1 Å². The van der Waals surface area contributed by atoms with Crippen molar-refractivity contribution in [1.29, 1.82) is 0 Å². The van der Waals surface area contributed by atoms with Crippen LogP contribution < -0.4 is 5.32 Å². The Morgan fingerprint density at radius 1 is 1.06 bits per heavy atom. The Bertz CT molecular complexity index is 326. The Balaban J connectivity index is 1.83. The van der Waals surface area contributed by atoms with E-state index in [1.807, 2.05) is 23.6 Å². The van der Waals surface area contributed by atoms with Gasteiger partial charge >= 0.3 is 6.03 Å². The molecule has 0 aromatic heterocycles. The molecule has 2 fully saturated rings. The lowest BCUT2D eigenvalue weighted by Crippen LogP contribution is -2.45. The molecule has 5 nitrogen and oxygen atoms in total. The molecule has 0 aromatic carbocycles. The summed E-state index contributed by atoms with van der Waals surface area (Å²) in [4.78, 5) is 27.6. The summed E-state index contributed by atoms with van der Waals surface area (Å²) in [6, 6.07) is 0.149. The fraction of sp³-hybridized carbons (Fsp3) is 0.846. The van der Waals surface area contributed by atoms with E-state index in [1.54, 1.807) is 0 Å². The second-order valence-corrected chi connectivity index (χ2v) is 5.54. The minimum atomic E-state index is -0.00859. The predicted molar refractivity (Wildman–Crippen MR) is 69.2 cm³/mol. The first kappa shape index (κ1) is 13.2. The van der Waals surface area contributed by atoms with Gasteiger partial charge in [0, 0.05) is 38.1 Å². The molecule has 5 heteroatoms. The molecule has 2 rings (SSSR count). The van der Waals surface area contributed by atoms with Crippen LogP contribution in [-0.4, -0.2) is 54.0 Å². The third-order valence-corrected chi connectivity index (χ3v) is 3.43. The van der Waals surface area contributed by atoms with Gasteiger partial charge in [-0.05, 0) is 33.1 Å². The van der Waals surface area contributed by atoms with Crippen LogP contribution >= 0.6 is 0 Å². The number of urea groups is 1. The van der Waals surface area contributed by atoms with Gasteiger partial charge in [0.1, 0.15) is 0 Å². The van der Waals surface area contributed by atoms with Crippen molar-refractivity contribution < 1.29 is 9.59 Å². The second-order valence-electron chi connectivity index (χ2n) is 5.54. The number of hydrogen-bond donors (Lipinski definition) is 1. The van der Waals surface area contributed by atoms with E-state index in [1.165, 1.54) is 0 Å². The number of hydrogen-bond acceptors (Lipinski definition) is 2. The van der Waals surface area contributed by atoms with Gasteiger partial charge in [0.15, 0.2) is 0 Å². The molecule has 0 atom stereocenters. The van der Waals surface area contributed by atoms with E-state index in [9.17, 15) is 9.59 Å². The molecule has 102 valence electrons. The van der Waals surface area contributed by atoms with Gasteiger partial charge in [-0.3, -0.25) is 4.79 Å². The fourth-order valence-corrected chi connectivity index (χ4v) is 2.27. The Morgan fingerprint density at radius 2 is 1.67 bits per heavy atom. The third kappa shape index (κ3) is 3.37. The van der Waals surface area contributed by atoms with Crippen LogP contribution in [0.25, 0.3) is 0 Å². The quantitative estimate of drug-likeness (QED) is 0.799. The number of carbonyl (C=O) groups is 2. The minimum absolute atomic E-state index is 0.00859. The highest BCUT2D eigenvalue weighted by molar-refractivity contribution is 5.81. The van der Waals surface area contributed by atoms with E-state index in [-0.39, 0.29) is 18.0 Å². The van der Waals surface area contributed by atoms with Gasteiger partial charge in [-0.2, -0.15) is 0 Å². The van der Waals surface area contributed by atoms with Gasteiger partial charge in [-0.1, -0.05) is 0 Å². The molecule has 1 heterocycles. The zero-order chi connectivity index (χ0) is 13.1. The maximum Gasteiger partial charge on any atom is 0.317 e. The molecule has 3 amide bonds. The zero-order valence-electron chi connectivity index (χ0n) is 11.3. The van der Waals surface area contributed by atoms with Crippen LogP contribution in [0.4, 0.5) is 4.79 Å². The van der Waals surface area contributed by atoms with Gasteiger partial charge in [-0.15, -0.1) is 0 Å². The summed E-state index contributed by atoms with van der Waals surface area (Å²) in [5.41, 5.74) is 0. The summed E-state index contributed by atoms with van der Waals surface area (Å²) in [5, 5.41) is 2.90. The average Bonchev–Trinajstić information content (AvgIpc) is 3.14. The van der Waals surface area contributed by atoms with Crippen molar-refractivity contribution in [3.05, 3.63) is 0 Å². The SMILES string of the molecule is CC(C)NC(=O)N1CCCN(C(=O)C2CC2)CC1. The maximum absolute atomic E-state index is 12.0. The van der Waals surface area contributed by atoms with Crippen molar-refractivity contribution in [2.75, 3.05) is 26.2 Å². The molecule has 1 saturated heterocycles. The van der Waals surface area contributed by atoms with Crippen molar-refractivity contribution in [3.63, 3.8) is 0 Å².